The third-order valence-electron chi connectivity index (χ3n) is 1.90. The fourth-order valence-corrected chi connectivity index (χ4v) is 1.37. The number of aromatic nitrogens is 1. The molecule has 0 aliphatic heterocycles. The molecule has 1 aromatic rings. The van der Waals surface area contributed by atoms with Crippen molar-refractivity contribution in [3.63, 3.8) is 0 Å². The minimum Gasteiger partial charge on any atom is -0.383 e. The van der Waals surface area contributed by atoms with Crippen LogP contribution in [0.2, 0.25) is 0 Å². The molecule has 0 aliphatic carbocycles. The molecule has 0 amide bonds. The molecule has 1 aromatic heterocycles. The van der Waals surface area contributed by atoms with Crippen molar-refractivity contribution in [2.75, 3.05) is 32.5 Å². The lowest BCUT2D eigenvalue weighted by atomic mass is 10.3. The molecule has 0 atom stereocenters. The first-order chi connectivity index (χ1) is 6.59. The van der Waals surface area contributed by atoms with Crippen LogP contribution in [0.1, 0.15) is 5.56 Å². The van der Waals surface area contributed by atoms with Gasteiger partial charge in [-0.1, -0.05) is 0 Å². The predicted molar refractivity (Wildman–Crippen MR) is 68.7 cm³/mol. The second kappa shape index (κ2) is 5.50. The minimum absolute atomic E-state index is 0.953. The van der Waals surface area contributed by atoms with Crippen molar-refractivity contribution < 1.29 is 0 Å². The van der Waals surface area contributed by atoms with Crippen molar-refractivity contribution in [2.24, 2.45) is 0 Å². The summed E-state index contributed by atoms with van der Waals surface area (Å²) in [5, 5.41) is 3.34. The number of hydrogen-bond donors (Lipinski definition) is 1. The van der Waals surface area contributed by atoms with Gasteiger partial charge in [-0.15, -0.1) is 0 Å². The molecule has 0 fully saturated rings. The van der Waals surface area contributed by atoms with Gasteiger partial charge in [-0.25, -0.2) is 4.98 Å². The molecule has 78 valence electrons. The Bertz CT molecular complexity index is 299. The van der Waals surface area contributed by atoms with Crippen molar-refractivity contribution in [1.82, 2.24) is 9.88 Å². The van der Waals surface area contributed by atoms with Crippen molar-refractivity contribution in [3.8, 4) is 0 Å². The molecule has 0 spiro atoms. The maximum atomic E-state index is 4.29. The fraction of sp³-hybridized carbons (Fsp3) is 0.500. The topological polar surface area (TPSA) is 28.2 Å². The molecule has 0 saturated heterocycles. The van der Waals surface area contributed by atoms with E-state index >= 15 is 0 Å². The highest BCUT2D eigenvalue weighted by Crippen LogP contribution is 2.13. The van der Waals surface area contributed by atoms with Gasteiger partial charge in [-0.05, 0) is 55.2 Å². The third-order valence-corrected chi connectivity index (χ3v) is 3.03. The van der Waals surface area contributed by atoms with Crippen LogP contribution in [0.4, 0.5) is 5.69 Å². The quantitative estimate of drug-likeness (QED) is 0.681. The molecule has 0 unspecified atom stereocenters. The number of aryl methyl sites for hydroxylation is 1. The smallest absolute Gasteiger partial charge is 0.104 e. The standard InChI is InChI=1S/C10H16IN3/c1-8-6-9(7-13-10(8)11)12-4-5-14(2)3/h6-7,12H,4-5H2,1-3H3. The monoisotopic (exact) mass is 305 g/mol. The van der Waals surface area contributed by atoms with Gasteiger partial charge in [0, 0.05) is 13.1 Å². The lowest BCUT2D eigenvalue weighted by Gasteiger charge is -2.11. The Hall–Kier alpha value is -0.360. The van der Waals surface area contributed by atoms with Crippen molar-refractivity contribution in [2.45, 2.75) is 6.92 Å². The molecule has 0 saturated carbocycles. The zero-order valence-corrected chi connectivity index (χ0v) is 11.0. The van der Waals surface area contributed by atoms with E-state index in [0.717, 1.165) is 22.5 Å². The maximum Gasteiger partial charge on any atom is 0.104 e. The summed E-state index contributed by atoms with van der Waals surface area (Å²) in [5.74, 6) is 0. The molecule has 4 heteroatoms. The largest absolute Gasteiger partial charge is 0.383 e. The van der Waals surface area contributed by atoms with Crippen LogP contribution in [0.3, 0.4) is 0 Å². The molecule has 3 nitrogen and oxygen atoms in total. The Morgan fingerprint density at radius 2 is 2.21 bits per heavy atom. The molecular formula is C10H16IN3. The molecule has 0 radical (unpaired) electrons. The van der Waals surface area contributed by atoms with Gasteiger partial charge in [0.1, 0.15) is 3.70 Å². The van der Waals surface area contributed by atoms with Crippen LogP contribution in [-0.2, 0) is 0 Å². The van der Waals surface area contributed by atoms with Gasteiger partial charge >= 0.3 is 0 Å². The molecule has 1 rings (SSSR count). The Kier molecular flexibility index (Phi) is 4.60. The third kappa shape index (κ3) is 3.79. The zero-order valence-electron chi connectivity index (χ0n) is 8.84. The summed E-state index contributed by atoms with van der Waals surface area (Å²) in [4.78, 5) is 6.44. The van der Waals surface area contributed by atoms with Gasteiger partial charge in [-0.3, -0.25) is 0 Å². The van der Waals surface area contributed by atoms with E-state index in [0.29, 0.717) is 0 Å². The average molecular weight is 305 g/mol. The Balaban J connectivity index is 2.47. The molecule has 0 aliphatic rings. The summed E-state index contributed by atoms with van der Waals surface area (Å²) in [6.07, 6.45) is 1.88. The lowest BCUT2D eigenvalue weighted by molar-refractivity contribution is 0.425. The van der Waals surface area contributed by atoms with Crippen LogP contribution in [-0.4, -0.2) is 37.1 Å². The summed E-state index contributed by atoms with van der Waals surface area (Å²) < 4.78 is 1.07. The van der Waals surface area contributed by atoms with Crippen LogP contribution in [0.5, 0.6) is 0 Å². The van der Waals surface area contributed by atoms with Crippen LogP contribution in [0.15, 0.2) is 12.3 Å². The van der Waals surface area contributed by atoms with E-state index in [4.69, 9.17) is 0 Å². The van der Waals surface area contributed by atoms with Gasteiger partial charge in [-0.2, -0.15) is 0 Å². The minimum atomic E-state index is 0.953. The van der Waals surface area contributed by atoms with Crippen molar-refractivity contribution in [1.29, 1.82) is 0 Å². The van der Waals surface area contributed by atoms with E-state index < -0.39 is 0 Å². The van der Waals surface area contributed by atoms with Crippen LogP contribution in [0.25, 0.3) is 0 Å². The molecule has 0 bridgehead atoms. The van der Waals surface area contributed by atoms with Gasteiger partial charge in [0.2, 0.25) is 0 Å². The Morgan fingerprint density at radius 3 is 2.79 bits per heavy atom. The van der Waals surface area contributed by atoms with Crippen LogP contribution >= 0.6 is 22.6 Å². The van der Waals surface area contributed by atoms with E-state index in [9.17, 15) is 0 Å². The molecular weight excluding hydrogens is 289 g/mol. The van der Waals surface area contributed by atoms with Gasteiger partial charge in [0.25, 0.3) is 0 Å². The summed E-state index contributed by atoms with van der Waals surface area (Å²) in [6.45, 7) is 4.06. The van der Waals surface area contributed by atoms with Gasteiger partial charge in [0.05, 0.1) is 11.9 Å². The van der Waals surface area contributed by atoms with Gasteiger partial charge in [0.15, 0.2) is 0 Å². The van der Waals surface area contributed by atoms with E-state index in [-0.39, 0.29) is 0 Å². The normalized spacial score (nSPS) is 10.6. The first-order valence-electron chi connectivity index (χ1n) is 4.60. The molecule has 0 aromatic carbocycles. The van der Waals surface area contributed by atoms with E-state index in [1.807, 2.05) is 6.20 Å². The molecule has 14 heavy (non-hydrogen) atoms. The Labute approximate surface area is 99.0 Å². The van der Waals surface area contributed by atoms with E-state index in [1.54, 1.807) is 0 Å². The first kappa shape index (κ1) is 11.7. The number of anilines is 1. The summed E-state index contributed by atoms with van der Waals surface area (Å²) in [7, 11) is 4.14. The number of halogens is 1. The summed E-state index contributed by atoms with van der Waals surface area (Å²) >= 11 is 2.24. The summed E-state index contributed by atoms with van der Waals surface area (Å²) in [6, 6.07) is 2.13. The maximum absolute atomic E-state index is 4.29. The van der Waals surface area contributed by atoms with Crippen LogP contribution in [0, 0.1) is 10.6 Å². The second-order valence-electron chi connectivity index (χ2n) is 3.56. The highest BCUT2D eigenvalue weighted by atomic mass is 127. The predicted octanol–water partition coefficient (Wildman–Crippen LogP) is 1.97. The van der Waals surface area contributed by atoms with E-state index in [1.165, 1.54) is 5.56 Å². The summed E-state index contributed by atoms with van der Waals surface area (Å²) in [5.41, 5.74) is 2.32. The number of likely N-dealkylation sites (N-methyl/N-ethyl adjacent to an activating group) is 1. The molecule has 1 N–H and O–H groups in total. The second-order valence-corrected chi connectivity index (χ2v) is 4.58. The zero-order chi connectivity index (χ0) is 10.6. The lowest BCUT2D eigenvalue weighted by Crippen LogP contribution is -2.20. The number of nitrogens with zero attached hydrogens (tertiary/aromatic N) is 2. The van der Waals surface area contributed by atoms with Crippen molar-refractivity contribution >= 4 is 28.3 Å². The number of nitrogens with one attached hydrogen (secondary N) is 1. The number of hydrogen-bond acceptors (Lipinski definition) is 3. The van der Waals surface area contributed by atoms with Crippen LogP contribution < -0.4 is 5.32 Å². The highest BCUT2D eigenvalue weighted by molar-refractivity contribution is 14.1. The average Bonchev–Trinajstić information content (AvgIpc) is 2.10. The van der Waals surface area contributed by atoms with Gasteiger partial charge < -0.3 is 10.2 Å². The van der Waals surface area contributed by atoms with E-state index in [2.05, 4.69) is 64.9 Å². The molecule has 1 heterocycles. The highest BCUT2D eigenvalue weighted by Gasteiger charge is 1.97. The SMILES string of the molecule is Cc1cc(NCCN(C)C)cnc1I. The first-order valence-corrected chi connectivity index (χ1v) is 5.68. The fourth-order valence-electron chi connectivity index (χ4n) is 1.08. The number of rotatable bonds is 4. The number of pyridine rings is 1. The van der Waals surface area contributed by atoms with Crippen molar-refractivity contribution in [3.05, 3.63) is 21.5 Å². The Morgan fingerprint density at radius 1 is 1.50 bits per heavy atom.